The Labute approximate surface area is 105 Å². The number of hydrogen-bond acceptors (Lipinski definition) is 5. The highest BCUT2D eigenvalue weighted by Crippen LogP contribution is 2.26. The molecule has 1 fully saturated rings. The van der Waals surface area contributed by atoms with E-state index in [1.807, 2.05) is 0 Å². The second-order valence-electron chi connectivity index (χ2n) is 5.26. The summed E-state index contributed by atoms with van der Waals surface area (Å²) in [5.41, 5.74) is 0.472. The fourth-order valence-corrected chi connectivity index (χ4v) is 1.57. The van der Waals surface area contributed by atoms with Gasteiger partial charge in [0.25, 0.3) is 0 Å². The minimum atomic E-state index is -1.01. The molecule has 1 heterocycles. The Kier molecular flexibility index (Phi) is 4.53. The summed E-state index contributed by atoms with van der Waals surface area (Å²) in [6.45, 7) is 5.70. The lowest BCUT2D eigenvalue weighted by atomic mass is 9.99. The van der Waals surface area contributed by atoms with E-state index < -0.39 is 23.3 Å². The Hall–Kier alpha value is -1.34. The molecule has 0 aliphatic carbocycles. The Balaban J connectivity index is 2.48. The van der Waals surface area contributed by atoms with Gasteiger partial charge in [0, 0.05) is 13.0 Å². The number of hydroxylamine groups is 1. The van der Waals surface area contributed by atoms with Gasteiger partial charge >= 0.3 is 12.1 Å². The van der Waals surface area contributed by atoms with E-state index in [-0.39, 0.29) is 13.0 Å². The van der Waals surface area contributed by atoms with Gasteiger partial charge in [-0.25, -0.2) is 4.79 Å². The number of aliphatic carboxylic acids is 1. The van der Waals surface area contributed by atoms with Gasteiger partial charge in [-0.1, -0.05) is 0 Å². The molecule has 0 bridgehead atoms. The zero-order valence-corrected chi connectivity index (χ0v) is 10.8. The van der Waals surface area contributed by atoms with Gasteiger partial charge in [-0.05, 0) is 20.8 Å². The van der Waals surface area contributed by atoms with E-state index in [0.29, 0.717) is 13.0 Å². The summed E-state index contributed by atoms with van der Waals surface area (Å²) in [6, 6.07) is 0. The number of carbonyl (C=O) groups excluding carboxylic acids is 1. The maximum atomic E-state index is 11.4. The van der Waals surface area contributed by atoms with Crippen LogP contribution in [0.2, 0.25) is 0 Å². The molecule has 7 nitrogen and oxygen atoms in total. The third-order valence-corrected chi connectivity index (χ3v) is 2.29. The predicted molar refractivity (Wildman–Crippen MR) is 60.9 cm³/mol. The first-order chi connectivity index (χ1) is 8.22. The molecule has 0 aromatic rings. The first-order valence-corrected chi connectivity index (χ1v) is 5.69. The van der Waals surface area contributed by atoms with Crippen LogP contribution in [-0.4, -0.2) is 41.6 Å². The minimum absolute atomic E-state index is 0.134. The van der Waals surface area contributed by atoms with Crippen LogP contribution in [-0.2, 0) is 19.1 Å². The molecule has 1 unspecified atom stereocenters. The highest BCUT2D eigenvalue weighted by Gasteiger charge is 2.40. The highest BCUT2D eigenvalue weighted by atomic mass is 16.7. The van der Waals surface area contributed by atoms with Crippen LogP contribution in [0.4, 0.5) is 4.79 Å². The van der Waals surface area contributed by atoms with Crippen molar-refractivity contribution in [3.63, 3.8) is 0 Å². The van der Waals surface area contributed by atoms with E-state index in [2.05, 4.69) is 5.48 Å². The molecule has 0 aromatic heterocycles. The van der Waals surface area contributed by atoms with E-state index >= 15 is 0 Å². The van der Waals surface area contributed by atoms with Gasteiger partial charge in [-0.15, -0.1) is 0 Å². The third kappa shape index (κ3) is 4.89. The van der Waals surface area contributed by atoms with Crippen LogP contribution >= 0.6 is 0 Å². The Morgan fingerprint density at radius 1 is 1.44 bits per heavy atom. The quantitative estimate of drug-likeness (QED) is 0.735. The van der Waals surface area contributed by atoms with Crippen LogP contribution < -0.4 is 5.48 Å². The van der Waals surface area contributed by atoms with E-state index in [9.17, 15) is 9.59 Å². The SMILES string of the molecule is CC(C)(C)OC(=O)NOC1(CC(=O)O)CCOC1. The van der Waals surface area contributed by atoms with Crippen molar-refractivity contribution in [1.82, 2.24) is 5.48 Å². The van der Waals surface area contributed by atoms with Crippen molar-refractivity contribution in [1.29, 1.82) is 0 Å². The normalized spacial score (nSPS) is 23.7. The summed E-state index contributed by atoms with van der Waals surface area (Å²) >= 11 is 0. The maximum absolute atomic E-state index is 11.4. The lowest BCUT2D eigenvalue weighted by Gasteiger charge is -2.26. The van der Waals surface area contributed by atoms with Gasteiger partial charge in [0.15, 0.2) is 0 Å². The zero-order valence-electron chi connectivity index (χ0n) is 10.8. The number of carboxylic acid groups (broad SMARTS) is 1. The third-order valence-electron chi connectivity index (χ3n) is 2.29. The Morgan fingerprint density at radius 3 is 2.56 bits per heavy atom. The molecule has 1 aliphatic rings. The molecule has 1 aliphatic heterocycles. The molecule has 0 radical (unpaired) electrons. The van der Waals surface area contributed by atoms with Crippen molar-refractivity contribution in [3.05, 3.63) is 0 Å². The van der Waals surface area contributed by atoms with Crippen molar-refractivity contribution in [3.8, 4) is 0 Å². The van der Waals surface area contributed by atoms with Crippen LogP contribution in [0, 0.1) is 0 Å². The van der Waals surface area contributed by atoms with Gasteiger partial charge in [-0.2, -0.15) is 5.48 Å². The molecular weight excluding hydrogens is 242 g/mol. The van der Waals surface area contributed by atoms with E-state index in [1.165, 1.54) is 0 Å². The molecule has 0 saturated carbocycles. The van der Waals surface area contributed by atoms with Crippen LogP contribution in [0.1, 0.15) is 33.6 Å². The standard InChI is InChI=1S/C11H19NO6/c1-10(2,3)17-9(15)12-18-11(6-8(13)14)4-5-16-7-11/h4-7H2,1-3H3,(H,12,15)(H,13,14). The molecule has 1 rings (SSSR count). The monoisotopic (exact) mass is 261 g/mol. The fourth-order valence-electron chi connectivity index (χ4n) is 1.57. The van der Waals surface area contributed by atoms with Crippen molar-refractivity contribution in [2.45, 2.75) is 44.8 Å². The average molecular weight is 261 g/mol. The summed E-state index contributed by atoms with van der Waals surface area (Å²) in [6.07, 6.45) is -0.572. The molecule has 18 heavy (non-hydrogen) atoms. The van der Waals surface area contributed by atoms with Crippen LogP contribution in [0.15, 0.2) is 0 Å². The Morgan fingerprint density at radius 2 is 2.11 bits per heavy atom. The van der Waals surface area contributed by atoms with Crippen molar-refractivity contribution in [2.75, 3.05) is 13.2 Å². The minimum Gasteiger partial charge on any atom is -0.481 e. The average Bonchev–Trinajstić information content (AvgIpc) is 2.60. The van der Waals surface area contributed by atoms with Gasteiger partial charge in [0.05, 0.1) is 13.0 Å². The van der Waals surface area contributed by atoms with Crippen molar-refractivity contribution in [2.24, 2.45) is 0 Å². The second kappa shape index (κ2) is 5.53. The highest BCUT2D eigenvalue weighted by molar-refractivity contribution is 5.69. The summed E-state index contributed by atoms with van der Waals surface area (Å²) in [5.74, 6) is -1.01. The molecule has 104 valence electrons. The molecule has 1 amide bonds. The number of amides is 1. The summed E-state index contributed by atoms with van der Waals surface area (Å²) < 4.78 is 10.1. The lowest BCUT2D eigenvalue weighted by Crippen LogP contribution is -2.44. The molecule has 0 spiro atoms. The number of ether oxygens (including phenoxy) is 2. The number of carbonyl (C=O) groups is 2. The van der Waals surface area contributed by atoms with Gasteiger partial charge < -0.3 is 14.6 Å². The first kappa shape index (κ1) is 14.7. The molecule has 1 saturated heterocycles. The predicted octanol–water partition coefficient (Wildman–Crippen LogP) is 1.08. The second-order valence-corrected chi connectivity index (χ2v) is 5.26. The topological polar surface area (TPSA) is 94.1 Å². The number of rotatable bonds is 4. The van der Waals surface area contributed by atoms with Gasteiger partial charge in [0.2, 0.25) is 0 Å². The van der Waals surface area contributed by atoms with Gasteiger partial charge in [-0.3, -0.25) is 9.63 Å². The fraction of sp³-hybridized carbons (Fsp3) is 0.818. The molecule has 0 aromatic carbocycles. The molecule has 7 heteroatoms. The number of carboxylic acids is 1. The van der Waals surface area contributed by atoms with Crippen molar-refractivity contribution < 1.29 is 29.0 Å². The molecule has 2 N–H and O–H groups in total. The van der Waals surface area contributed by atoms with Crippen LogP contribution in [0.5, 0.6) is 0 Å². The Bertz CT molecular complexity index is 316. The van der Waals surface area contributed by atoms with Crippen molar-refractivity contribution >= 4 is 12.1 Å². The number of hydrogen-bond donors (Lipinski definition) is 2. The number of nitrogens with one attached hydrogen (secondary N) is 1. The zero-order chi connectivity index (χ0) is 13.8. The molecular formula is C11H19NO6. The van der Waals surface area contributed by atoms with E-state index in [1.54, 1.807) is 20.8 Å². The summed E-state index contributed by atoms with van der Waals surface area (Å²) in [4.78, 5) is 27.3. The molecule has 1 atom stereocenters. The van der Waals surface area contributed by atoms with Gasteiger partial charge in [0.1, 0.15) is 11.2 Å². The van der Waals surface area contributed by atoms with Crippen LogP contribution in [0.25, 0.3) is 0 Å². The van der Waals surface area contributed by atoms with E-state index in [0.717, 1.165) is 0 Å². The van der Waals surface area contributed by atoms with Crippen LogP contribution in [0.3, 0.4) is 0 Å². The van der Waals surface area contributed by atoms with E-state index in [4.69, 9.17) is 19.4 Å². The maximum Gasteiger partial charge on any atom is 0.431 e. The smallest absolute Gasteiger partial charge is 0.431 e. The summed E-state index contributed by atoms with van der Waals surface area (Å²) in [5, 5.41) is 8.81. The summed E-state index contributed by atoms with van der Waals surface area (Å²) in [7, 11) is 0. The lowest BCUT2D eigenvalue weighted by molar-refractivity contribution is -0.153. The first-order valence-electron chi connectivity index (χ1n) is 5.69. The largest absolute Gasteiger partial charge is 0.481 e.